The molecule has 86 valence electrons. The fourth-order valence-electron chi connectivity index (χ4n) is 1.51. The van der Waals surface area contributed by atoms with Crippen molar-refractivity contribution in [3.05, 3.63) is 21.9 Å². The maximum absolute atomic E-state index is 5.69. The van der Waals surface area contributed by atoms with E-state index in [1.54, 1.807) is 11.3 Å². The Balaban J connectivity index is 2.00. The van der Waals surface area contributed by atoms with E-state index in [9.17, 15) is 0 Å². The van der Waals surface area contributed by atoms with Gasteiger partial charge in [-0.25, -0.2) is 0 Å². The van der Waals surface area contributed by atoms with Crippen LogP contribution < -0.4 is 11.1 Å². The Bertz CT molecular complexity index is 268. The van der Waals surface area contributed by atoms with E-state index < -0.39 is 0 Å². The van der Waals surface area contributed by atoms with Crippen molar-refractivity contribution in [2.45, 2.75) is 45.7 Å². The molecule has 0 aliphatic rings. The monoisotopic (exact) mass is 226 g/mol. The van der Waals surface area contributed by atoms with Gasteiger partial charge in [0, 0.05) is 12.6 Å². The summed E-state index contributed by atoms with van der Waals surface area (Å²) < 4.78 is 0. The Morgan fingerprint density at radius 3 is 2.80 bits per heavy atom. The summed E-state index contributed by atoms with van der Waals surface area (Å²) in [6, 6.07) is 0.351. The first-order valence-corrected chi connectivity index (χ1v) is 6.62. The van der Waals surface area contributed by atoms with Crippen LogP contribution in [0.4, 0.5) is 0 Å². The molecule has 1 aromatic rings. The summed E-state index contributed by atoms with van der Waals surface area (Å²) in [7, 11) is 0. The van der Waals surface area contributed by atoms with E-state index in [0.29, 0.717) is 6.04 Å². The minimum Gasteiger partial charge on any atom is -0.328 e. The third-order valence-corrected chi connectivity index (χ3v) is 3.45. The van der Waals surface area contributed by atoms with Crippen LogP contribution >= 0.6 is 11.3 Å². The van der Waals surface area contributed by atoms with Gasteiger partial charge in [-0.05, 0) is 55.1 Å². The number of unbranched alkanes of at least 4 members (excludes halogenated alkanes) is 1. The van der Waals surface area contributed by atoms with Crippen LogP contribution in [0.1, 0.15) is 37.3 Å². The van der Waals surface area contributed by atoms with E-state index in [-0.39, 0.29) is 0 Å². The second kappa shape index (κ2) is 6.99. The molecule has 3 heteroatoms. The summed E-state index contributed by atoms with van der Waals surface area (Å²) in [5.41, 5.74) is 8.53. The van der Waals surface area contributed by atoms with E-state index in [1.807, 2.05) is 0 Å². The third-order valence-electron chi connectivity index (χ3n) is 2.54. The van der Waals surface area contributed by atoms with Crippen molar-refractivity contribution in [3.8, 4) is 0 Å². The van der Waals surface area contributed by atoms with Gasteiger partial charge in [0.1, 0.15) is 0 Å². The summed E-state index contributed by atoms with van der Waals surface area (Å²) in [6.45, 7) is 6.35. The molecule has 0 bridgehead atoms. The van der Waals surface area contributed by atoms with Gasteiger partial charge < -0.3 is 11.1 Å². The minimum atomic E-state index is 0.351. The fourth-order valence-corrected chi connectivity index (χ4v) is 2.36. The molecule has 0 amide bonds. The maximum atomic E-state index is 5.69. The second-order valence-electron chi connectivity index (χ2n) is 4.23. The first kappa shape index (κ1) is 12.7. The molecule has 0 saturated carbocycles. The highest BCUT2D eigenvalue weighted by Crippen LogP contribution is 2.12. The summed E-state index contributed by atoms with van der Waals surface area (Å²) in [4.78, 5) is 0. The zero-order valence-electron chi connectivity index (χ0n) is 9.75. The van der Waals surface area contributed by atoms with Crippen LogP contribution in [0.15, 0.2) is 10.8 Å². The van der Waals surface area contributed by atoms with E-state index >= 15 is 0 Å². The Kier molecular flexibility index (Phi) is 5.91. The molecule has 0 aliphatic heterocycles. The number of nitrogens with one attached hydrogen (secondary N) is 1. The van der Waals surface area contributed by atoms with Crippen LogP contribution in [0.25, 0.3) is 0 Å². The molecule has 1 unspecified atom stereocenters. The molecule has 1 rings (SSSR count). The maximum Gasteiger partial charge on any atom is 0.0216 e. The molecule has 0 fully saturated rings. The molecule has 0 aliphatic carbocycles. The fraction of sp³-hybridized carbons (Fsp3) is 0.667. The van der Waals surface area contributed by atoms with Gasteiger partial charge in [-0.2, -0.15) is 11.3 Å². The molecule has 2 nitrogen and oxygen atoms in total. The van der Waals surface area contributed by atoms with Crippen molar-refractivity contribution in [2.24, 2.45) is 5.73 Å². The van der Waals surface area contributed by atoms with Gasteiger partial charge >= 0.3 is 0 Å². The molecule has 0 radical (unpaired) electrons. The smallest absolute Gasteiger partial charge is 0.0216 e. The van der Waals surface area contributed by atoms with E-state index in [1.165, 1.54) is 24.0 Å². The van der Waals surface area contributed by atoms with Gasteiger partial charge in [-0.3, -0.25) is 0 Å². The minimum absolute atomic E-state index is 0.351. The lowest BCUT2D eigenvalue weighted by atomic mass is 10.1. The zero-order valence-corrected chi connectivity index (χ0v) is 10.6. The molecular formula is C12H22N2S. The number of rotatable bonds is 7. The Morgan fingerprint density at radius 2 is 2.20 bits per heavy atom. The first-order valence-electron chi connectivity index (χ1n) is 5.68. The Hall–Kier alpha value is -0.380. The van der Waals surface area contributed by atoms with Crippen LogP contribution in [-0.4, -0.2) is 12.6 Å². The molecule has 1 heterocycles. The largest absolute Gasteiger partial charge is 0.328 e. The van der Waals surface area contributed by atoms with Gasteiger partial charge in [0.25, 0.3) is 0 Å². The molecular weight excluding hydrogens is 204 g/mol. The van der Waals surface area contributed by atoms with Gasteiger partial charge in [0.15, 0.2) is 0 Å². The van der Waals surface area contributed by atoms with Gasteiger partial charge in [-0.1, -0.05) is 6.42 Å². The molecule has 0 saturated heterocycles. The zero-order chi connectivity index (χ0) is 11.1. The van der Waals surface area contributed by atoms with E-state index in [0.717, 1.165) is 19.5 Å². The Morgan fingerprint density at radius 1 is 1.40 bits per heavy atom. The highest BCUT2D eigenvalue weighted by Gasteiger charge is 1.98. The van der Waals surface area contributed by atoms with Crippen LogP contribution in [0, 0.1) is 6.92 Å². The summed E-state index contributed by atoms with van der Waals surface area (Å²) >= 11 is 1.78. The van der Waals surface area contributed by atoms with Crippen LogP contribution in [-0.2, 0) is 6.54 Å². The van der Waals surface area contributed by atoms with Crippen LogP contribution in [0.3, 0.4) is 0 Å². The van der Waals surface area contributed by atoms with Crippen molar-refractivity contribution in [1.82, 2.24) is 5.32 Å². The Labute approximate surface area is 96.9 Å². The predicted molar refractivity (Wildman–Crippen MR) is 68.3 cm³/mol. The molecule has 1 aromatic heterocycles. The number of aryl methyl sites for hydroxylation is 1. The molecule has 0 aromatic carbocycles. The highest BCUT2D eigenvalue weighted by atomic mass is 32.1. The number of nitrogens with two attached hydrogens (primary N) is 1. The normalized spacial score (nSPS) is 13.0. The average molecular weight is 226 g/mol. The summed E-state index contributed by atoms with van der Waals surface area (Å²) in [5, 5.41) is 7.90. The van der Waals surface area contributed by atoms with E-state index in [2.05, 4.69) is 29.9 Å². The predicted octanol–water partition coefficient (Wildman–Crippen LogP) is 2.66. The highest BCUT2D eigenvalue weighted by molar-refractivity contribution is 7.08. The lowest BCUT2D eigenvalue weighted by Crippen LogP contribution is -2.17. The lowest BCUT2D eigenvalue weighted by molar-refractivity contribution is 0.563. The molecule has 0 spiro atoms. The standard InChI is InChI=1S/C12H22N2S/c1-10-8-15-9-12(10)7-14-6-4-3-5-11(2)13/h8-9,11,14H,3-7,13H2,1-2H3. The lowest BCUT2D eigenvalue weighted by Gasteiger charge is -2.06. The number of hydrogen-bond donors (Lipinski definition) is 2. The van der Waals surface area contributed by atoms with Crippen LogP contribution in [0.5, 0.6) is 0 Å². The molecule has 1 atom stereocenters. The van der Waals surface area contributed by atoms with Gasteiger partial charge in [0.05, 0.1) is 0 Å². The summed E-state index contributed by atoms with van der Waals surface area (Å²) in [5.74, 6) is 0. The number of hydrogen-bond acceptors (Lipinski definition) is 3. The van der Waals surface area contributed by atoms with Gasteiger partial charge in [-0.15, -0.1) is 0 Å². The van der Waals surface area contributed by atoms with Crippen molar-refractivity contribution in [2.75, 3.05) is 6.54 Å². The van der Waals surface area contributed by atoms with Crippen molar-refractivity contribution in [1.29, 1.82) is 0 Å². The molecule has 15 heavy (non-hydrogen) atoms. The van der Waals surface area contributed by atoms with E-state index in [4.69, 9.17) is 5.73 Å². The second-order valence-corrected chi connectivity index (χ2v) is 4.97. The van der Waals surface area contributed by atoms with Gasteiger partial charge in [0.2, 0.25) is 0 Å². The van der Waals surface area contributed by atoms with Crippen molar-refractivity contribution >= 4 is 11.3 Å². The quantitative estimate of drug-likeness (QED) is 0.702. The topological polar surface area (TPSA) is 38.0 Å². The summed E-state index contributed by atoms with van der Waals surface area (Å²) in [6.07, 6.45) is 3.59. The third kappa shape index (κ3) is 5.30. The van der Waals surface area contributed by atoms with Crippen molar-refractivity contribution in [3.63, 3.8) is 0 Å². The average Bonchev–Trinajstić information content (AvgIpc) is 2.57. The van der Waals surface area contributed by atoms with Crippen molar-refractivity contribution < 1.29 is 0 Å². The first-order chi connectivity index (χ1) is 7.20. The van der Waals surface area contributed by atoms with Crippen LogP contribution in [0.2, 0.25) is 0 Å². The number of thiophene rings is 1. The SMILES string of the molecule is Cc1cscc1CNCCCCC(C)N. The molecule has 3 N–H and O–H groups in total.